The summed E-state index contributed by atoms with van der Waals surface area (Å²) in [5.74, 6) is 0.213. The highest BCUT2D eigenvalue weighted by atomic mass is 32.2. The van der Waals surface area contributed by atoms with Gasteiger partial charge in [0, 0.05) is 0 Å². The van der Waals surface area contributed by atoms with E-state index < -0.39 is 10.1 Å². The fraction of sp³-hybridized carbons (Fsp3) is 0.0667. The largest absolute Gasteiger partial charge is 0.379 e. The van der Waals surface area contributed by atoms with Crippen molar-refractivity contribution in [1.82, 2.24) is 5.43 Å². The van der Waals surface area contributed by atoms with Gasteiger partial charge in [0.1, 0.15) is 10.6 Å². The van der Waals surface area contributed by atoms with Crippen molar-refractivity contribution >= 4 is 33.7 Å². The Morgan fingerprint density at radius 2 is 1.78 bits per heavy atom. The van der Waals surface area contributed by atoms with E-state index in [1.54, 1.807) is 24.3 Å². The topological polar surface area (TPSA) is 93.8 Å². The van der Waals surface area contributed by atoms with Crippen LogP contribution in [0.25, 0.3) is 0 Å². The van der Waals surface area contributed by atoms with Crippen LogP contribution in [0.5, 0.6) is 5.75 Å². The van der Waals surface area contributed by atoms with Crippen molar-refractivity contribution in [2.75, 3.05) is 0 Å². The summed E-state index contributed by atoms with van der Waals surface area (Å²) in [5, 5.41) is 3.86. The number of benzene rings is 2. The minimum atomic E-state index is -3.85. The fourth-order valence-corrected chi connectivity index (χ4v) is 2.64. The summed E-state index contributed by atoms with van der Waals surface area (Å²) in [5.41, 5.74) is 9.36. The van der Waals surface area contributed by atoms with Gasteiger partial charge >= 0.3 is 10.1 Å². The van der Waals surface area contributed by atoms with E-state index in [4.69, 9.17) is 9.92 Å². The lowest BCUT2D eigenvalue weighted by Crippen LogP contribution is -2.23. The number of aryl methyl sites for hydroxylation is 1. The van der Waals surface area contributed by atoms with Gasteiger partial charge in [-0.25, -0.2) is 0 Å². The van der Waals surface area contributed by atoms with E-state index in [1.165, 1.54) is 30.5 Å². The van der Waals surface area contributed by atoms with E-state index >= 15 is 0 Å². The predicted octanol–water partition coefficient (Wildman–Crippen LogP) is 1.93. The van der Waals surface area contributed by atoms with Gasteiger partial charge in [-0.2, -0.15) is 13.5 Å². The molecule has 0 spiro atoms. The van der Waals surface area contributed by atoms with Crippen molar-refractivity contribution < 1.29 is 12.6 Å². The van der Waals surface area contributed by atoms with Crippen LogP contribution < -0.4 is 15.3 Å². The lowest BCUT2D eigenvalue weighted by Gasteiger charge is -2.07. The van der Waals surface area contributed by atoms with Crippen LogP contribution in [-0.4, -0.2) is 19.7 Å². The summed E-state index contributed by atoms with van der Waals surface area (Å²) in [6, 6.07) is 12.8. The van der Waals surface area contributed by atoms with Crippen molar-refractivity contribution in [3.05, 3.63) is 59.7 Å². The number of rotatable bonds is 5. The van der Waals surface area contributed by atoms with Crippen LogP contribution in [0.15, 0.2) is 58.5 Å². The molecule has 0 radical (unpaired) electrons. The monoisotopic (exact) mass is 349 g/mol. The molecule has 0 aliphatic rings. The number of nitrogens with zero attached hydrogens (tertiary/aromatic N) is 1. The standard InChI is InChI=1S/C15H15N3O3S2/c1-11-2-8-14(9-3-11)23(19,20)21-13-6-4-12(5-7-13)10-17-18-15(16)22/h2-10H,1H3,(H3,16,18,22)/b17-10-. The number of nitrogens with one attached hydrogen (secondary N) is 1. The maximum atomic E-state index is 12.2. The molecule has 3 N–H and O–H groups in total. The van der Waals surface area contributed by atoms with Gasteiger partial charge < -0.3 is 9.92 Å². The second-order valence-electron chi connectivity index (χ2n) is 4.65. The highest BCUT2D eigenvalue weighted by molar-refractivity contribution is 7.87. The Hall–Kier alpha value is -2.45. The minimum absolute atomic E-state index is 0.0606. The molecule has 0 saturated carbocycles. The maximum Gasteiger partial charge on any atom is 0.339 e. The van der Waals surface area contributed by atoms with Gasteiger partial charge in [-0.05, 0) is 61.1 Å². The molecule has 0 bridgehead atoms. The van der Waals surface area contributed by atoms with Gasteiger partial charge in [-0.1, -0.05) is 17.7 Å². The van der Waals surface area contributed by atoms with Crippen LogP contribution in [0.2, 0.25) is 0 Å². The number of hydrogen-bond donors (Lipinski definition) is 2. The van der Waals surface area contributed by atoms with Crippen molar-refractivity contribution in [3.63, 3.8) is 0 Å². The fourth-order valence-electron chi connectivity index (χ4n) is 1.66. The van der Waals surface area contributed by atoms with Crippen molar-refractivity contribution in [2.45, 2.75) is 11.8 Å². The predicted molar refractivity (Wildman–Crippen MR) is 92.9 cm³/mol. The Morgan fingerprint density at radius 3 is 2.35 bits per heavy atom. The Morgan fingerprint density at radius 1 is 1.17 bits per heavy atom. The summed E-state index contributed by atoms with van der Waals surface area (Å²) in [6.45, 7) is 1.88. The van der Waals surface area contributed by atoms with Crippen LogP contribution in [-0.2, 0) is 10.1 Å². The van der Waals surface area contributed by atoms with E-state index in [0.717, 1.165) is 11.1 Å². The van der Waals surface area contributed by atoms with Crippen LogP contribution in [0.3, 0.4) is 0 Å². The molecule has 0 heterocycles. The van der Waals surface area contributed by atoms with Crippen molar-refractivity contribution in [1.29, 1.82) is 0 Å². The van der Waals surface area contributed by atoms with Crippen LogP contribution in [0.4, 0.5) is 0 Å². The van der Waals surface area contributed by atoms with Crippen molar-refractivity contribution in [3.8, 4) is 5.75 Å². The average Bonchev–Trinajstić information content (AvgIpc) is 2.49. The molecule has 0 aliphatic carbocycles. The zero-order valence-electron chi connectivity index (χ0n) is 12.3. The molecule has 2 aromatic carbocycles. The molecule has 0 saturated heterocycles. The van der Waals surface area contributed by atoms with Gasteiger partial charge in [0.2, 0.25) is 0 Å². The number of nitrogens with two attached hydrogens (primary N) is 1. The second kappa shape index (κ2) is 7.21. The highest BCUT2D eigenvalue weighted by Crippen LogP contribution is 2.19. The van der Waals surface area contributed by atoms with Gasteiger partial charge in [0.05, 0.1) is 6.21 Å². The zero-order chi connectivity index (χ0) is 16.9. The quantitative estimate of drug-likeness (QED) is 0.371. The van der Waals surface area contributed by atoms with Gasteiger partial charge in [0.15, 0.2) is 5.11 Å². The molecule has 2 aromatic rings. The first-order valence-corrected chi connectivity index (χ1v) is 8.38. The molecular weight excluding hydrogens is 334 g/mol. The first-order chi connectivity index (χ1) is 10.9. The molecule has 0 aliphatic heterocycles. The first-order valence-electron chi connectivity index (χ1n) is 6.56. The van der Waals surface area contributed by atoms with E-state index in [9.17, 15) is 8.42 Å². The lowest BCUT2D eigenvalue weighted by molar-refractivity contribution is 0.486. The third-order valence-electron chi connectivity index (χ3n) is 2.78. The molecule has 0 fully saturated rings. The van der Waals surface area contributed by atoms with E-state index in [2.05, 4.69) is 22.7 Å². The van der Waals surface area contributed by atoms with Crippen molar-refractivity contribution in [2.24, 2.45) is 10.8 Å². The summed E-state index contributed by atoms with van der Waals surface area (Å²) in [6.07, 6.45) is 1.50. The zero-order valence-corrected chi connectivity index (χ0v) is 13.9. The molecular formula is C15H15N3O3S2. The Kier molecular flexibility index (Phi) is 5.30. The molecule has 8 heteroatoms. The van der Waals surface area contributed by atoms with Crippen LogP contribution in [0, 0.1) is 6.92 Å². The Labute approximate surface area is 140 Å². The normalized spacial score (nSPS) is 11.3. The van der Waals surface area contributed by atoms with Gasteiger partial charge in [-0.3, -0.25) is 5.43 Å². The third kappa shape index (κ3) is 5.04. The summed E-state index contributed by atoms with van der Waals surface area (Å²) >= 11 is 4.61. The number of hydrogen-bond acceptors (Lipinski definition) is 5. The van der Waals surface area contributed by atoms with Crippen LogP contribution >= 0.6 is 12.2 Å². The van der Waals surface area contributed by atoms with Gasteiger partial charge in [0.25, 0.3) is 0 Å². The Bertz CT molecular complexity index is 814. The molecule has 6 nitrogen and oxygen atoms in total. The molecule has 0 aromatic heterocycles. The molecule has 120 valence electrons. The average molecular weight is 349 g/mol. The maximum absolute atomic E-state index is 12.2. The third-order valence-corrected chi connectivity index (χ3v) is 4.14. The smallest absolute Gasteiger partial charge is 0.339 e. The van der Waals surface area contributed by atoms with Gasteiger partial charge in [-0.15, -0.1) is 0 Å². The Balaban J connectivity index is 2.09. The molecule has 0 amide bonds. The van der Waals surface area contributed by atoms with E-state index in [1.807, 2.05) is 6.92 Å². The minimum Gasteiger partial charge on any atom is -0.379 e. The lowest BCUT2D eigenvalue weighted by atomic mass is 10.2. The molecule has 2 rings (SSSR count). The van der Waals surface area contributed by atoms with Crippen LogP contribution in [0.1, 0.15) is 11.1 Å². The van der Waals surface area contributed by atoms with E-state index in [0.29, 0.717) is 0 Å². The van der Waals surface area contributed by atoms with E-state index in [-0.39, 0.29) is 15.8 Å². The number of hydrazone groups is 1. The summed E-state index contributed by atoms with van der Waals surface area (Å²) < 4.78 is 29.4. The molecule has 23 heavy (non-hydrogen) atoms. The first kappa shape index (κ1) is 16.9. The number of thiocarbonyl (C=S) groups is 1. The molecule has 0 unspecified atom stereocenters. The highest BCUT2D eigenvalue weighted by Gasteiger charge is 2.16. The molecule has 0 atom stereocenters. The second-order valence-corrected chi connectivity index (χ2v) is 6.64. The summed E-state index contributed by atoms with van der Waals surface area (Å²) in [7, 11) is -3.85. The summed E-state index contributed by atoms with van der Waals surface area (Å²) in [4.78, 5) is 0.106. The SMILES string of the molecule is Cc1ccc(S(=O)(=O)Oc2ccc(/C=N\NC(N)=S)cc2)cc1.